The van der Waals surface area contributed by atoms with Gasteiger partial charge in [0.2, 0.25) is 5.91 Å². The zero-order chi connectivity index (χ0) is 14.7. The Hall–Kier alpha value is -1.98. The summed E-state index contributed by atoms with van der Waals surface area (Å²) in [6, 6.07) is 4.72. The van der Waals surface area contributed by atoms with Crippen LogP contribution in [0.5, 0.6) is 0 Å². The second-order valence-corrected chi connectivity index (χ2v) is 5.77. The molecule has 1 atom stereocenters. The summed E-state index contributed by atoms with van der Waals surface area (Å²) in [4.78, 5) is 23.9. The number of nitriles is 1. The van der Waals surface area contributed by atoms with E-state index in [1.807, 2.05) is 4.90 Å². The topological polar surface area (TPSA) is 113 Å². The zero-order valence-corrected chi connectivity index (χ0v) is 11.5. The van der Waals surface area contributed by atoms with Gasteiger partial charge in [-0.2, -0.15) is 5.26 Å². The predicted octanol–water partition coefficient (Wildman–Crippen LogP) is 1.42. The van der Waals surface area contributed by atoms with Gasteiger partial charge < -0.3 is 5.73 Å². The van der Waals surface area contributed by atoms with Gasteiger partial charge in [0, 0.05) is 30.0 Å². The van der Waals surface area contributed by atoms with Crippen molar-refractivity contribution in [2.75, 3.05) is 13.1 Å². The molecule has 1 aliphatic heterocycles. The standard InChI is InChI=1S/C12H14N4O3S/c13-7-9(10-1-2-11(20-10)16(18)19)15-5-3-8(4-6-15)12(14)17/h1-2,8-9H,3-6H2,(H2,14,17). The highest BCUT2D eigenvalue weighted by Gasteiger charge is 2.29. The van der Waals surface area contributed by atoms with Crippen molar-refractivity contribution in [1.82, 2.24) is 4.90 Å². The van der Waals surface area contributed by atoms with Crippen LogP contribution in [0.4, 0.5) is 5.00 Å². The fraction of sp³-hybridized carbons (Fsp3) is 0.500. The summed E-state index contributed by atoms with van der Waals surface area (Å²) in [5, 5.41) is 20.0. The summed E-state index contributed by atoms with van der Waals surface area (Å²) < 4.78 is 0. The number of carbonyl (C=O) groups is 1. The molecular weight excluding hydrogens is 280 g/mol. The van der Waals surface area contributed by atoms with Gasteiger partial charge >= 0.3 is 5.00 Å². The lowest BCUT2D eigenvalue weighted by atomic mass is 9.95. The molecule has 8 heteroatoms. The van der Waals surface area contributed by atoms with Crippen LogP contribution in [0, 0.1) is 27.4 Å². The first-order valence-electron chi connectivity index (χ1n) is 6.20. The predicted molar refractivity (Wildman–Crippen MR) is 72.8 cm³/mol. The molecule has 1 unspecified atom stereocenters. The lowest BCUT2D eigenvalue weighted by molar-refractivity contribution is -0.380. The molecule has 0 saturated carbocycles. The van der Waals surface area contributed by atoms with Gasteiger partial charge in [0.25, 0.3) is 0 Å². The Morgan fingerprint density at radius 3 is 2.65 bits per heavy atom. The SMILES string of the molecule is N#CC(c1ccc([N+](=O)[O-])s1)N1CCC(C(N)=O)CC1. The van der Waals surface area contributed by atoms with E-state index in [-0.39, 0.29) is 16.8 Å². The molecule has 20 heavy (non-hydrogen) atoms. The monoisotopic (exact) mass is 294 g/mol. The quantitative estimate of drug-likeness (QED) is 0.666. The Labute approximate surface area is 119 Å². The Bertz CT molecular complexity index is 557. The van der Waals surface area contributed by atoms with E-state index in [4.69, 9.17) is 5.73 Å². The smallest absolute Gasteiger partial charge is 0.324 e. The van der Waals surface area contributed by atoms with Gasteiger partial charge in [-0.1, -0.05) is 11.3 Å². The van der Waals surface area contributed by atoms with Crippen LogP contribution in [-0.4, -0.2) is 28.8 Å². The molecule has 1 aromatic rings. The van der Waals surface area contributed by atoms with E-state index in [2.05, 4.69) is 6.07 Å². The maximum absolute atomic E-state index is 11.1. The number of amides is 1. The van der Waals surface area contributed by atoms with Crippen molar-refractivity contribution in [2.45, 2.75) is 18.9 Å². The molecule has 0 aliphatic carbocycles. The van der Waals surface area contributed by atoms with Gasteiger partial charge in [0.15, 0.2) is 0 Å². The first-order valence-corrected chi connectivity index (χ1v) is 7.01. The van der Waals surface area contributed by atoms with Crippen LogP contribution in [-0.2, 0) is 4.79 Å². The van der Waals surface area contributed by atoms with Crippen molar-refractivity contribution < 1.29 is 9.72 Å². The van der Waals surface area contributed by atoms with Crippen LogP contribution in [0.15, 0.2) is 12.1 Å². The van der Waals surface area contributed by atoms with E-state index in [0.29, 0.717) is 30.8 Å². The van der Waals surface area contributed by atoms with Gasteiger partial charge in [0.1, 0.15) is 6.04 Å². The Kier molecular flexibility index (Phi) is 4.32. The van der Waals surface area contributed by atoms with Crippen LogP contribution in [0.3, 0.4) is 0 Å². The van der Waals surface area contributed by atoms with Crippen molar-refractivity contribution in [3.8, 4) is 6.07 Å². The Morgan fingerprint density at radius 1 is 1.55 bits per heavy atom. The molecule has 2 rings (SSSR count). The number of piperidine rings is 1. The van der Waals surface area contributed by atoms with E-state index < -0.39 is 11.0 Å². The minimum Gasteiger partial charge on any atom is -0.369 e. The second-order valence-electron chi connectivity index (χ2n) is 4.68. The molecule has 1 amide bonds. The number of hydrogen-bond acceptors (Lipinski definition) is 6. The number of likely N-dealkylation sites (tertiary alicyclic amines) is 1. The lowest BCUT2D eigenvalue weighted by Crippen LogP contribution is -2.39. The largest absolute Gasteiger partial charge is 0.369 e. The Morgan fingerprint density at radius 2 is 2.20 bits per heavy atom. The number of rotatable bonds is 4. The van der Waals surface area contributed by atoms with E-state index in [1.54, 1.807) is 6.07 Å². The molecule has 1 fully saturated rings. The summed E-state index contributed by atoms with van der Waals surface area (Å²) >= 11 is 1.02. The third-order valence-electron chi connectivity index (χ3n) is 3.48. The van der Waals surface area contributed by atoms with Gasteiger partial charge in [0.05, 0.1) is 11.0 Å². The van der Waals surface area contributed by atoms with Crippen molar-refractivity contribution in [3.63, 3.8) is 0 Å². The number of nitrogens with two attached hydrogens (primary N) is 1. The molecule has 1 saturated heterocycles. The molecular formula is C12H14N4O3S. The molecule has 7 nitrogen and oxygen atoms in total. The lowest BCUT2D eigenvalue weighted by Gasteiger charge is -2.32. The number of nitrogens with zero attached hydrogens (tertiary/aromatic N) is 3. The number of hydrogen-bond donors (Lipinski definition) is 1. The molecule has 1 aromatic heterocycles. The third-order valence-corrected chi connectivity index (χ3v) is 4.57. The first-order chi connectivity index (χ1) is 9.52. The van der Waals surface area contributed by atoms with Gasteiger partial charge in [-0.25, -0.2) is 0 Å². The van der Waals surface area contributed by atoms with Gasteiger partial charge in [-0.05, 0) is 18.9 Å². The summed E-state index contributed by atoms with van der Waals surface area (Å²) in [5.74, 6) is -0.437. The van der Waals surface area contributed by atoms with Crippen LogP contribution < -0.4 is 5.73 Å². The van der Waals surface area contributed by atoms with Crippen molar-refractivity contribution >= 4 is 22.2 Å². The fourth-order valence-electron chi connectivity index (χ4n) is 2.35. The van der Waals surface area contributed by atoms with E-state index in [9.17, 15) is 20.2 Å². The highest BCUT2D eigenvalue weighted by atomic mass is 32.1. The molecule has 0 aromatic carbocycles. The summed E-state index contributed by atoms with van der Waals surface area (Å²) in [5.41, 5.74) is 5.27. The molecule has 0 spiro atoms. The van der Waals surface area contributed by atoms with Crippen LogP contribution in [0.2, 0.25) is 0 Å². The highest BCUT2D eigenvalue weighted by molar-refractivity contribution is 7.15. The minimum absolute atomic E-state index is 0.0345. The molecule has 0 radical (unpaired) electrons. The number of nitro groups is 1. The van der Waals surface area contributed by atoms with Gasteiger partial charge in [-0.15, -0.1) is 0 Å². The Balaban J connectivity index is 2.08. The number of thiophene rings is 1. The van der Waals surface area contributed by atoms with E-state index >= 15 is 0 Å². The van der Waals surface area contributed by atoms with Crippen LogP contribution >= 0.6 is 11.3 Å². The molecule has 1 aliphatic rings. The summed E-state index contributed by atoms with van der Waals surface area (Å²) in [6.45, 7) is 1.19. The third kappa shape index (κ3) is 2.95. The zero-order valence-electron chi connectivity index (χ0n) is 10.7. The van der Waals surface area contributed by atoms with Crippen molar-refractivity contribution in [1.29, 1.82) is 5.26 Å². The molecule has 106 valence electrons. The maximum Gasteiger partial charge on any atom is 0.324 e. The molecule has 2 heterocycles. The average Bonchev–Trinajstić information content (AvgIpc) is 2.90. The van der Waals surface area contributed by atoms with Crippen LogP contribution in [0.1, 0.15) is 23.8 Å². The van der Waals surface area contributed by atoms with E-state index in [1.165, 1.54) is 6.07 Å². The maximum atomic E-state index is 11.1. The summed E-state index contributed by atoms with van der Waals surface area (Å²) in [6.07, 6.45) is 1.25. The second kappa shape index (κ2) is 5.98. The minimum atomic E-state index is -0.498. The first kappa shape index (κ1) is 14.4. The van der Waals surface area contributed by atoms with Crippen molar-refractivity contribution in [3.05, 3.63) is 27.1 Å². The number of primary amides is 1. The summed E-state index contributed by atoms with van der Waals surface area (Å²) in [7, 11) is 0. The van der Waals surface area contributed by atoms with Gasteiger partial charge in [-0.3, -0.25) is 19.8 Å². The average molecular weight is 294 g/mol. The van der Waals surface area contributed by atoms with Crippen LogP contribution in [0.25, 0.3) is 0 Å². The fourth-order valence-corrected chi connectivity index (χ4v) is 3.26. The highest BCUT2D eigenvalue weighted by Crippen LogP contribution is 2.33. The normalized spacial score (nSPS) is 18.4. The molecule has 0 bridgehead atoms. The number of carbonyl (C=O) groups excluding carboxylic acids is 1. The molecule has 2 N–H and O–H groups in total. The van der Waals surface area contributed by atoms with Crippen molar-refractivity contribution in [2.24, 2.45) is 11.7 Å². The van der Waals surface area contributed by atoms with E-state index in [0.717, 1.165) is 11.3 Å².